The Kier molecular flexibility index (Phi) is 9.47. The highest BCUT2D eigenvalue weighted by Gasteiger charge is 2.37. The fraction of sp³-hybridized carbons (Fsp3) is 0.552. The minimum Gasteiger partial charge on any atom is -0.483 e. The molecule has 2 fully saturated rings. The third-order valence-electron chi connectivity index (χ3n) is 7.61. The highest BCUT2D eigenvalue weighted by atomic mass is 16.5. The number of nitrogens with zero attached hydrogens (tertiary/aromatic N) is 2. The molecule has 0 spiro atoms. The third kappa shape index (κ3) is 6.92. The Bertz CT molecular complexity index is 1020. The molecule has 194 valence electrons. The number of ether oxygens (including phenoxy) is 1. The van der Waals surface area contributed by atoms with Gasteiger partial charge in [0.25, 0.3) is 6.47 Å². The highest BCUT2D eigenvalue weighted by molar-refractivity contribution is 5.76. The lowest BCUT2D eigenvalue weighted by molar-refractivity contribution is -0.143. The Morgan fingerprint density at radius 3 is 2.69 bits per heavy atom. The summed E-state index contributed by atoms with van der Waals surface area (Å²) in [6.07, 6.45) is 10.3. The molecule has 1 aromatic carbocycles. The molecule has 1 aromatic heterocycles. The molecule has 2 heterocycles. The maximum atomic E-state index is 12.2. The van der Waals surface area contributed by atoms with E-state index in [9.17, 15) is 9.90 Å². The molecule has 3 aliphatic rings. The van der Waals surface area contributed by atoms with Gasteiger partial charge in [-0.15, -0.1) is 0 Å². The average molecular weight is 495 g/mol. The summed E-state index contributed by atoms with van der Waals surface area (Å²) in [5.41, 5.74) is 5.98. The van der Waals surface area contributed by atoms with Gasteiger partial charge in [-0.05, 0) is 98.9 Å². The molecule has 2 N–H and O–H groups in total. The molecule has 1 saturated carbocycles. The molecule has 2 aliphatic carbocycles. The molecule has 1 aliphatic heterocycles. The highest BCUT2D eigenvalue weighted by Crippen LogP contribution is 2.44. The number of aromatic nitrogens is 1. The van der Waals surface area contributed by atoms with Crippen LogP contribution < -0.4 is 0 Å². The summed E-state index contributed by atoms with van der Waals surface area (Å²) in [4.78, 5) is 27.6. The number of pyridine rings is 1. The van der Waals surface area contributed by atoms with Crippen LogP contribution >= 0.6 is 0 Å². The van der Waals surface area contributed by atoms with Gasteiger partial charge in [0.15, 0.2) is 0 Å². The standard InChI is InChI=1S/C28H36N2O3.CH2O2/c31-28(32)27(25-9-3-2-8-24(25)21-11-12-21)30-16-15-20(18-30)6-5-17-33-19-23-14-13-22-7-1-4-10-26(22)29-23;2-1-3/h2-3,8-9,13-14,20-21,27H,1,4-7,10-12,15-19H2,(H,31,32);1H,(H,2,3)/t20-,27?;/m1./s1. The third-order valence-corrected chi connectivity index (χ3v) is 7.61. The second-order valence-electron chi connectivity index (χ2n) is 10.2. The molecular weight excluding hydrogens is 456 g/mol. The van der Waals surface area contributed by atoms with E-state index in [1.54, 1.807) is 0 Å². The first-order valence-electron chi connectivity index (χ1n) is 13.3. The van der Waals surface area contributed by atoms with Crippen LogP contribution in [0.25, 0.3) is 0 Å². The summed E-state index contributed by atoms with van der Waals surface area (Å²) < 4.78 is 5.93. The summed E-state index contributed by atoms with van der Waals surface area (Å²) in [5, 5.41) is 16.9. The summed E-state index contributed by atoms with van der Waals surface area (Å²) in [6.45, 7) is 2.80. The number of hydrogen-bond acceptors (Lipinski definition) is 5. The average Bonchev–Trinajstić information content (AvgIpc) is 3.63. The van der Waals surface area contributed by atoms with Gasteiger partial charge < -0.3 is 14.9 Å². The number of aliphatic carboxylic acids is 1. The van der Waals surface area contributed by atoms with Crippen LogP contribution in [0, 0.1) is 5.92 Å². The number of likely N-dealkylation sites (tertiary alicyclic amines) is 1. The zero-order chi connectivity index (χ0) is 25.3. The second-order valence-corrected chi connectivity index (χ2v) is 10.2. The van der Waals surface area contributed by atoms with Crippen molar-refractivity contribution in [3.05, 3.63) is 64.5 Å². The first-order valence-corrected chi connectivity index (χ1v) is 13.3. The van der Waals surface area contributed by atoms with E-state index in [2.05, 4.69) is 23.1 Å². The Morgan fingerprint density at radius 1 is 1.14 bits per heavy atom. The Balaban J connectivity index is 0.000000967. The quantitative estimate of drug-likeness (QED) is 0.355. The molecule has 1 saturated heterocycles. The molecule has 36 heavy (non-hydrogen) atoms. The van der Waals surface area contributed by atoms with Crippen LogP contribution in [0.2, 0.25) is 0 Å². The molecule has 2 aromatic rings. The van der Waals surface area contributed by atoms with E-state index in [4.69, 9.17) is 19.6 Å². The van der Waals surface area contributed by atoms with E-state index < -0.39 is 12.0 Å². The summed E-state index contributed by atoms with van der Waals surface area (Å²) in [7, 11) is 0. The van der Waals surface area contributed by atoms with Crippen molar-refractivity contribution >= 4 is 12.4 Å². The predicted octanol–water partition coefficient (Wildman–Crippen LogP) is 4.98. The molecular formula is C29H38N2O5. The van der Waals surface area contributed by atoms with Gasteiger partial charge in [0.1, 0.15) is 6.04 Å². The van der Waals surface area contributed by atoms with Crippen molar-refractivity contribution in [1.82, 2.24) is 9.88 Å². The van der Waals surface area contributed by atoms with Gasteiger partial charge in [0.05, 0.1) is 12.3 Å². The Labute approximate surface area is 213 Å². The molecule has 0 bridgehead atoms. The molecule has 0 radical (unpaired) electrons. The van der Waals surface area contributed by atoms with Crippen molar-refractivity contribution in [3.8, 4) is 0 Å². The van der Waals surface area contributed by atoms with E-state index in [0.717, 1.165) is 63.1 Å². The van der Waals surface area contributed by atoms with Gasteiger partial charge in [0, 0.05) is 18.8 Å². The number of hydrogen-bond donors (Lipinski definition) is 2. The maximum Gasteiger partial charge on any atom is 0.325 e. The Morgan fingerprint density at radius 2 is 1.92 bits per heavy atom. The lowest BCUT2D eigenvalue weighted by atomic mass is 9.96. The van der Waals surface area contributed by atoms with Gasteiger partial charge in [-0.1, -0.05) is 30.3 Å². The van der Waals surface area contributed by atoms with Crippen molar-refractivity contribution < 1.29 is 24.5 Å². The minimum atomic E-state index is -0.718. The first-order chi connectivity index (χ1) is 17.6. The van der Waals surface area contributed by atoms with Gasteiger partial charge in [-0.3, -0.25) is 19.5 Å². The smallest absolute Gasteiger partial charge is 0.325 e. The largest absolute Gasteiger partial charge is 0.483 e. The first kappa shape index (κ1) is 26.3. The fourth-order valence-corrected chi connectivity index (χ4v) is 5.70. The number of carboxylic acid groups (broad SMARTS) is 2. The molecule has 0 amide bonds. The molecule has 7 nitrogen and oxygen atoms in total. The van der Waals surface area contributed by atoms with Crippen molar-refractivity contribution in [2.45, 2.75) is 76.4 Å². The lowest BCUT2D eigenvalue weighted by Crippen LogP contribution is -2.33. The number of benzene rings is 1. The number of fused-ring (bicyclic) bond motifs is 1. The summed E-state index contributed by atoms with van der Waals surface area (Å²) in [6, 6.07) is 12.0. The van der Waals surface area contributed by atoms with E-state index in [-0.39, 0.29) is 6.47 Å². The van der Waals surface area contributed by atoms with E-state index in [1.165, 1.54) is 42.5 Å². The van der Waals surface area contributed by atoms with Crippen molar-refractivity contribution in [2.24, 2.45) is 5.92 Å². The minimum absolute atomic E-state index is 0.250. The zero-order valence-corrected chi connectivity index (χ0v) is 21.0. The van der Waals surface area contributed by atoms with Crippen LogP contribution in [-0.2, 0) is 33.8 Å². The van der Waals surface area contributed by atoms with Gasteiger partial charge in [-0.25, -0.2) is 0 Å². The molecule has 5 rings (SSSR count). The van der Waals surface area contributed by atoms with Gasteiger partial charge >= 0.3 is 5.97 Å². The van der Waals surface area contributed by atoms with Crippen molar-refractivity contribution in [2.75, 3.05) is 19.7 Å². The van der Waals surface area contributed by atoms with Crippen LogP contribution in [0.3, 0.4) is 0 Å². The van der Waals surface area contributed by atoms with Crippen LogP contribution in [0.5, 0.6) is 0 Å². The number of carboxylic acids is 1. The molecule has 1 unspecified atom stereocenters. The van der Waals surface area contributed by atoms with E-state index in [1.807, 2.05) is 18.2 Å². The summed E-state index contributed by atoms with van der Waals surface area (Å²) >= 11 is 0. The maximum absolute atomic E-state index is 12.2. The number of aryl methyl sites for hydroxylation is 2. The lowest BCUT2D eigenvalue weighted by Gasteiger charge is -2.26. The second kappa shape index (κ2) is 13.0. The monoisotopic (exact) mass is 494 g/mol. The molecule has 7 heteroatoms. The van der Waals surface area contributed by atoms with E-state index in [0.29, 0.717) is 18.4 Å². The van der Waals surface area contributed by atoms with Crippen LogP contribution in [0.4, 0.5) is 0 Å². The normalized spacial score (nSPS) is 20.2. The van der Waals surface area contributed by atoms with Crippen LogP contribution in [0.15, 0.2) is 36.4 Å². The van der Waals surface area contributed by atoms with Crippen LogP contribution in [0.1, 0.15) is 85.0 Å². The van der Waals surface area contributed by atoms with Gasteiger partial charge in [-0.2, -0.15) is 0 Å². The van der Waals surface area contributed by atoms with Crippen LogP contribution in [-0.4, -0.2) is 52.2 Å². The van der Waals surface area contributed by atoms with Crippen molar-refractivity contribution in [1.29, 1.82) is 0 Å². The van der Waals surface area contributed by atoms with E-state index >= 15 is 0 Å². The topological polar surface area (TPSA) is 100.0 Å². The summed E-state index contributed by atoms with van der Waals surface area (Å²) in [5.74, 6) is 0.387. The fourth-order valence-electron chi connectivity index (χ4n) is 5.70. The van der Waals surface area contributed by atoms with Crippen molar-refractivity contribution in [3.63, 3.8) is 0 Å². The zero-order valence-electron chi connectivity index (χ0n) is 21.0. The SMILES string of the molecule is O=C(O)C(c1ccccc1C1CC1)N1CC[C@@H](CCCOCc2ccc3c(n2)CCCC3)C1.O=CO. The number of rotatable bonds is 10. The number of carbonyl (C=O) groups is 2. The Hall–Kier alpha value is -2.77. The molecule has 2 atom stereocenters. The predicted molar refractivity (Wildman–Crippen MR) is 137 cm³/mol. The van der Waals surface area contributed by atoms with Gasteiger partial charge in [0.2, 0.25) is 0 Å².